The summed E-state index contributed by atoms with van der Waals surface area (Å²) in [4.78, 5) is 0.611. The van der Waals surface area contributed by atoms with E-state index < -0.39 is 15.1 Å². The van der Waals surface area contributed by atoms with Crippen molar-refractivity contribution in [2.24, 2.45) is 11.7 Å². The number of benzene rings is 2. The van der Waals surface area contributed by atoms with Crippen LogP contribution in [0.1, 0.15) is 22.6 Å². The van der Waals surface area contributed by atoms with Crippen LogP contribution in [0.4, 0.5) is 0 Å². The average Bonchev–Trinajstić information content (AvgIpc) is 3.25. The minimum atomic E-state index is -3.45. The van der Waals surface area contributed by atoms with Crippen molar-refractivity contribution in [3.63, 3.8) is 0 Å². The van der Waals surface area contributed by atoms with Gasteiger partial charge < -0.3 is 5.73 Å². The quantitative estimate of drug-likeness (QED) is 0.865. The summed E-state index contributed by atoms with van der Waals surface area (Å²) in [6.07, 6.45) is 0. The first-order valence-corrected chi connectivity index (χ1v) is 9.44. The molecule has 0 aliphatic heterocycles. The molecule has 120 valence electrons. The average molecular weight is 345 g/mol. The Balaban J connectivity index is 1.98. The van der Waals surface area contributed by atoms with E-state index in [1.165, 1.54) is 0 Å². The minimum Gasteiger partial charge on any atom is -0.393 e. The van der Waals surface area contributed by atoms with Crippen molar-refractivity contribution in [1.82, 2.24) is 0 Å². The van der Waals surface area contributed by atoms with Crippen molar-refractivity contribution in [2.75, 3.05) is 0 Å². The second-order valence-electron chi connectivity index (χ2n) is 6.19. The van der Waals surface area contributed by atoms with Crippen molar-refractivity contribution in [2.45, 2.75) is 29.9 Å². The third-order valence-electron chi connectivity index (χ3n) is 4.45. The zero-order valence-corrected chi connectivity index (χ0v) is 14.7. The van der Waals surface area contributed by atoms with Gasteiger partial charge in [-0.3, -0.25) is 0 Å². The van der Waals surface area contributed by atoms with Gasteiger partial charge in [0.2, 0.25) is 0 Å². The second-order valence-corrected chi connectivity index (χ2v) is 8.76. The van der Waals surface area contributed by atoms with Gasteiger partial charge >= 0.3 is 0 Å². The predicted octanol–water partition coefficient (Wildman–Crippen LogP) is 3.15. The second kappa shape index (κ2) is 5.73. The fourth-order valence-electron chi connectivity index (χ4n) is 3.08. The lowest BCUT2D eigenvalue weighted by Gasteiger charge is -2.05. The Hall–Kier alpha value is -1.72. The smallest absolute Gasteiger partial charge is 0.182 e. The first-order valence-electron chi connectivity index (χ1n) is 7.49. The summed E-state index contributed by atoms with van der Waals surface area (Å²) in [5.74, 6) is -0.446. The summed E-state index contributed by atoms with van der Waals surface area (Å²) >= 11 is 5.11. The molecule has 2 N–H and O–H groups in total. The molecule has 1 aliphatic rings. The summed E-state index contributed by atoms with van der Waals surface area (Å²) < 4.78 is 25.9. The van der Waals surface area contributed by atoms with E-state index in [0.29, 0.717) is 4.90 Å². The Morgan fingerprint density at radius 1 is 0.957 bits per heavy atom. The highest BCUT2D eigenvalue weighted by molar-refractivity contribution is 7.92. The topological polar surface area (TPSA) is 60.2 Å². The molecule has 0 spiro atoms. The highest BCUT2D eigenvalue weighted by Gasteiger charge is 2.60. The van der Waals surface area contributed by atoms with Gasteiger partial charge in [0.15, 0.2) is 9.84 Å². The van der Waals surface area contributed by atoms with Gasteiger partial charge in [0.1, 0.15) is 0 Å². The normalized spacial score (nSPS) is 23.5. The van der Waals surface area contributed by atoms with Gasteiger partial charge in [-0.15, -0.1) is 0 Å². The first-order chi connectivity index (χ1) is 10.8. The van der Waals surface area contributed by atoms with Gasteiger partial charge in [-0.05, 0) is 31.5 Å². The van der Waals surface area contributed by atoms with Crippen LogP contribution in [0.15, 0.2) is 53.4 Å². The summed E-state index contributed by atoms with van der Waals surface area (Å²) in [7, 11) is -3.45. The van der Waals surface area contributed by atoms with E-state index >= 15 is 0 Å². The Morgan fingerprint density at radius 3 is 1.91 bits per heavy atom. The molecular formula is C18H19NO2S2. The Kier molecular flexibility index (Phi) is 4.02. The largest absolute Gasteiger partial charge is 0.393 e. The molecule has 0 saturated heterocycles. The van der Waals surface area contributed by atoms with Crippen molar-refractivity contribution in [3.8, 4) is 0 Å². The maximum atomic E-state index is 13.0. The molecule has 3 rings (SSSR count). The van der Waals surface area contributed by atoms with Crippen LogP contribution in [-0.2, 0) is 9.84 Å². The van der Waals surface area contributed by atoms with Crippen molar-refractivity contribution in [1.29, 1.82) is 0 Å². The van der Waals surface area contributed by atoms with Gasteiger partial charge in [0, 0.05) is 11.8 Å². The number of hydrogen-bond donors (Lipinski definition) is 1. The van der Waals surface area contributed by atoms with E-state index in [1.807, 2.05) is 50.2 Å². The third kappa shape index (κ3) is 2.91. The molecule has 1 saturated carbocycles. The fraction of sp³-hybridized carbons (Fsp3) is 0.278. The van der Waals surface area contributed by atoms with Crippen LogP contribution < -0.4 is 5.73 Å². The molecule has 0 bridgehead atoms. The number of rotatable bonds is 4. The van der Waals surface area contributed by atoms with Crippen molar-refractivity contribution in [3.05, 3.63) is 65.2 Å². The van der Waals surface area contributed by atoms with Crippen LogP contribution >= 0.6 is 12.2 Å². The molecular weight excluding hydrogens is 326 g/mol. The Bertz CT molecular complexity index is 840. The van der Waals surface area contributed by atoms with E-state index in [1.54, 1.807) is 12.1 Å². The molecule has 0 amide bonds. The number of hydrogen-bond acceptors (Lipinski definition) is 3. The third-order valence-corrected chi connectivity index (χ3v) is 6.96. The standard InChI is InChI=1S/C18H19NO2S2/c1-11-3-7-13(8-4-11)15-16(18(19)22)17(15)23(20,21)14-9-5-12(2)6-10-14/h3-10,15-17H,1-2H3,(H2,19,22)/t15-,16+,17+/m1/s1. The van der Waals surface area contributed by atoms with Gasteiger partial charge in [-0.1, -0.05) is 59.7 Å². The molecule has 1 aliphatic carbocycles. The number of nitrogens with two attached hydrogens (primary N) is 1. The maximum absolute atomic E-state index is 13.0. The molecule has 23 heavy (non-hydrogen) atoms. The lowest BCUT2D eigenvalue weighted by Crippen LogP contribution is -2.17. The summed E-state index contributed by atoms with van der Waals surface area (Å²) in [5.41, 5.74) is 8.96. The van der Waals surface area contributed by atoms with E-state index in [4.69, 9.17) is 18.0 Å². The van der Waals surface area contributed by atoms with Crippen LogP contribution in [-0.4, -0.2) is 18.7 Å². The zero-order valence-electron chi connectivity index (χ0n) is 13.1. The molecule has 0 aromatic heterocycles. The molecule has 2 aromatic carbocycles. The van der Waals surface area contributed by atoms with Gasteiger partial charge in [-0.2, -0.15) is 0 Å². The van der Waals surface area contributed by atoms with Crippen LogP contribution in [0, 0.1) is 19.8 Å². The SMILES string of the molecule is Cc1ccc([C@@H]2[C@H](C(N)=S)[C@H]2S(=O)(=O)c2ccc(C)cc2)cc1. The van der Waals surface area contributed by atoms with Crippen LogP contribution in [0.2, 0.25) is 0 Å². The van der Waals surface area contributed by atoms with Crippen LogP contribution in [0.3, 0.4) is 0 Å². The summed E-state index contributed by atoms with van der Waals surface area (Å²) in [6.45, 7) is 3.93. The van der Waals surface area contributed by atoms with Crippen LogP contribution in [0.25, 0.3) is 0 Å². The molecule has 0 radical (unpaired) electrons. The molecule has 1 fully saturated rings. The highest BCUT2D eigenvalue weighted by atomic mass is 32.2. The zero-order chi connectivity index (χ0) is 16.8. The molecule has 5 heteroatoms. The lowest BCUT2D eigenvalue weighted by atomic mass is 10.1. The van der Waals surface area contributed by atoms with Crippen LogP contribution in [0.5, 0.6) is 0 Å². The van der Waals surface area contributed by atoms with E-state index in [9.17, 15) is 8.42 Å². The van der Waals surface area contributed by atoms with Crippen molar-refractivity contribution >= 4 is 27.0 Å². The lowest BCUT2D eigenvalue weighted by molar-refractivity contribution is 0.593. The Morgan fingerprint density at radius 2 is 1.43 bits per heavy atom. The number of sulfone groups is 1. The summed E-state index contributed by atoms with van der Waals surface area (Å²) in [6, 6.07) is 14.8. The van der Waals surface area contributed by atoms with Gasteiger partial charge in [-0.25, -0.2) is 8.42 Å². The van der Waals surface area contributed by atoms with E-state index in [0.717, 1.165) is 16.7 Å². The van der Waals surface area contributed by atoms with E-state index in [2.05, 4.69) is 0 Å². The molecule has 3 nitrogen and oxygen atoms in total. The molecule has 0 heterocycles. The summed E-state index contributed by atoms with van der Waals surface area (Å²) in [5, 5.41) is -0.564. The number of thiocarbonyl (C=S) groups is 1. The predicted molar refractivity (Wildman–Crippen MR) is 96.3 cm³/mol. The fourth-order valence-corrected chi connectivity index (χ4v) is 5.61. The molecule has 2 aromatic rings. The first kappa shape index (κ1) is 16.1. The minimum absolute atomic E-state index is 0.153. The van der Waals surface area contributed by atoms with Gasteiger partial charge in [0.25, 0.3) is 0 Å². The van der Waals surface area contributed by atoms with Gasteiger partial charge in [0.05, 0.1) is 15.1 Å². The monoisotopic (exact) mass is 345 g/mol. The number of aryl methyl sites for hydroxylation is 2. The molecule has 3 atom stereocenters. The van der Waals surface area contributed by atoms with Crippen molar-refractivity contribution < 1.29 is 8.42 Å². The van der Waals surface area contributed by atoms with E-state index in [-0.39, 0.29) is 16.8 Å². The molecule has 0 unspecified atom stereocenters. The maximum Gasteiger partial charge on any atom is 0.182 e. The Labute approximate surface area is 142 Å². The highest BCUT2D eigenvalue weighted by Crippen LogP contribution is 2.54.